The van der Waals surface area contributed by atoms with Crippen LogP contribution >= 0.6 is 11.6 Å². The zero-order valence-electron chi connectivity index (χ0n) is 21.6. The van der Waals surface area contributed by atoms with Gasteiger partial charge in [0.2, 0.25) is 0 Å². The third-order valence-electron chi connectivity index (χ3n) is 4.66. The monoisotopic (exact) mass is 520 g/mol. The van der Waals surface area contributed by atoms with Crippen LogP contribution in [0.25, 0.3) is 0 Å². The molecule has 2 rings (SSSR count). The van der Waals surface area contributed by atoms with E-state index in [-0.39, 0.29) is 11.9 Å². The summed E-state index contributed by atoms with van der Waals surface area (Å²) in [6.07, 6.45) is 2.67. The molecule has 0 saturated carbocycles. The summed E-state index contributed by atoms with van der Waals surface area (Å²) in [5.74, 6) is -0.811. The number of carbonyl (C=O) groups excluding carboxylic acids is 2. The molecule has 9 heteroatoms. The number of amides is 1. The molecule has 0 atom stereocenters. The van der Waals surface area contributed by atoms with Crippen molar-refractivity contribution in [2.75, 3.05) is 13.1 Å². The molecule has 0 heterocycles. The largest absolute Gasteiger partial charge is 0.478 e. The normalized spacial score (nSPS) is 11.1. The van der Waals surface area contributed by atoms with Crippen molar-refractivity contribution in [3.8, 4) is 5.75 Å². The number of alkyl carbamates (subject to hydrolysis) is 1. The number of aliphatic carboxylic acids is 1. The third-order valence-corrected chi connectivity index (χ3v) is 4.91. The van der Waals surface area contributed by atoms with Gasteiger partial charge in [-0.05, 0) is 103 Å². The highest BCUT2D eigenvalue weighted by Crippen LogP contribution is 2.21. The molecule has 0 aromatic heterocycles. The number of carboxylic acid groups (broad SMARTS) is 1. The molecule has 0 aliphatic heterocycles. The summed E-state index contributed by atoms with van der Waals surface area (Å²) in [6.45, 7) is 9.84. The van der Waals surface area contributed by atoms with E-state index in [4.69, 9.17) is 31.9 Å². The first-order valence-electron chi connectivity index (χ1n) is 11.7. The van der Waals surface area contributed by atoms with Gasteiger partial charge >= 0.3 is 12.1 Å². The number of nitrogens with one attached hydrogen (secondary N) is 1. The SMILES string of the molecule is CC(C)(C)OC(=O)NCCCCCN.CC(C)(Oc1ccc(C(=O)c2ccc(Cl)cc2)cc1)C(=O)O. The first-order valence-corrected chi connectivity index (χ1v) is 12.1. The fraction of sp³-hybridized carbons (Fsp3) is 0.444. The van der Waals surface area contributed by atoms with Gasteiger partial charge in [0.25, 0.3) is 0 Å². The number of carbonyl (C=O) groups is 3. The van der Waals surface area contributed by atoms with E-state index >= 15 is 0 Å². The molecule has 0 spiro atoms. The van der Waals surface area contributed by atoms with Gasteiger partial charge in [-0.2, -0.15) is 0 Å². The minimum absolute atomic E-state index is 0.138. The summed E-state index contributed by atoms with van der Waals surface area (Å²) in [7, 11) is 0. The molecule has 8 nitrogen and oxygen atoms in total. The van der Waals surface area contributed by atoms with E-state index in [9.17, 15) is 14.4 Å². The molecule has 4 N–H and O–H groups in total. The van der Waals surface area contributed by atoms with Crippen molar-refractivity contribution in [3.05, 3.63) is 64.7 Å². The van der Waals surface area contributed by atoms with Crippen LogP contribution < -0.4 is 15.8 Å². The quantitative estimate of drug-likeness (QED) is 0.280. The van der Waals surface area contributed by atoms with Crippen molar-refractivity contribution in [3.63, 3.8) is 0 Å². The van der Waals surface area contributed by atoms with Crippen LogP contribution in [0.4, 0.5) is 4.79 Å². The highest BCUT2D eigenvalue weighted by atomic mass is 35.5. The van der Waals surface area contributed by atoms with E-state index < -0.39 is 17.2 Å². The lowest BCUT2D eigenvalue weighted by Gasteiger charge is -2.21. The Hall–Kier alpha value is -3.10. The minimum atomic E-state index is -1.33. The maximum Gasteiger partial charge on any atom is 0.407 e. The van der Waals surface area contributed by atoms with Crippen molar-refractivity contribution >= 4 is 29.4 Å². The Morgan fingerprint density at radius 1 is 0.889 bits per heavy atom. The molecule has 0 saturated heterocycles. The average molecular weight is 521 g/mol. The number of hydrogen-bond acceptors (Lipinski definition) is 6. The first kappa shape index (κ1) is 30.9. The smallest absolute Gasteiger partial charge is 0.407 e. The van der Waals surface area contributed by atoms with Gasteiger partial charge in [0.1, 0.15) is 11.4 Å². The number of halogens is 1. The van der Waals surface area contributed by atoms with Gasteiger partial charge in [0.15, 0.2) is 11.4 Å². The molecule has 0 aliphatic carbocycles. The standard InChI is InChI=1S/C17H15ClO4.C10H22N2O2/c1-17(2,16(20)21)22-14-9-5-12(6-10-14)15(19)11-3-7-13(18)8-4-11;1-10(2,3)14-9(13)12-8-6-4-5-7-11/h3-10H,1-2H3,(H,20,21);4-8,11H2,1-3H3,(H,12,13). The Bertz CT molecular complexity index is 983. The second-order valence-corrected chi connectivity index (χ2v) is 9.99. The zero-order valence-corrected chi connectivity index (χ0v) is 22.4. The van der Waals surface area contributed by atoms with Crippen LogP contribution in [0, 0.1) is 0 Å². The second kappa shape index (κ2) is 14.5. The van der Waals surface area contributed by atoms with Crippen LogP contribution in [-0.2, 0) is 9.53 Å². The summed E-state index contributed by atoms with van der Waals surface area (Å²) < 4.78 is 10.5. The number of rotatable bonds is 10. The fourth-order valence-electron chi connectivity index (χ4n) is 2.73. The number of nitrogens with two attached hydrogens (primary N) is 1. The molecular weight excluding hydrogens is 484 g/mol. The molecule has 36 heavy (non-hydrogen) atoms. The second-order valence-electron chi connectivity index (χ2n) is 9.56. The lowest BCUT2D eigenvalue weighted by atomic mass is 10.0. The van der Waals surface area contributed by atoms with Crippen LogP contribution in [0.1, 0.15) is 69.8 Å². The molecule has 0 bridgehead atoms. The Labute approximate surface area is 218 Å². The number of hydrogen-bond donors (Lipinski definition) is 3. The third kappa shape index (κ3) is 12.0. The maximum absolute atomic E-state index is 12.3. The van der Waals surface area contributed by atoms with Crippen LogP contribution in [-0.4, -0.2) is 47.2 Å². The summed E-state index contributed by atoms with van der Waals surface area (Å²) in [5, 5.41) is 12.3. The highest BCUT2D eigenvalue weighted by molar-refractivity contribution is 6.30. The van der Waals surface area contributed by atoms with Crippen molar-refractivity contribution in [2.45, 2.75) is 65.1 Å². The Kier molecular flexibility index (Phi) is 12.4. The number of benzene rings is 2. The van der Waals surface area contributed by atoms with Crippen molar-refractivity contribution in [1.82, 2.24) is 5.32 Å². The lowest BCUT2D eigenvalue weighted by Crippen LogP contribution is -2.37. The first-order chi connectivity index (χ1) is 16.7. The molecule has 0 fully saturated rings. The molecule has 2 aromatic rings. The van der Waals surface area contributed by atoms with Gasteiger partial charge in [-0.25, -0.2) is 9.59 Å². The minimum Gasteiger partial charge on any atom is -0.478 e. The Morgan fingerprint density at radius 3 is 1.89 bits per heavy atom. The maximum atomic E-state index is 12.3. The summed E-state index contributed by atoms with van der Waals surface area (Å²) in [5.41, 5.74) is 4.61. The van der Waals surface area contributed by atoms with Gasteiger partial charge in [-0.3, -0.25) is 4.79 Å². The van der Waals surface area contributed by atoms with E-state index in [1.54, 1.807) is 48.5 Å². The number of ether oxygens (including phenoxy) is 2. The van der Waals surface area contributed by atoms with Crippen LogP contribution in [0.2, 0.25) is 5.02 Å². The highest BCUT2D eigenvalue weighted by Gasteiger charge is 2.29. The number of unbranched alkanes of at least 4 members (excludes halogenated alkanes) is 2. The van der Waals surface area contributed by atoms with Gasteiger partial charge in [0, 0.05) is 22.7 Å². The molecule has 198 valence electrons. The molecular formula is C27H37ClN2O6. The van der Waals surface area contributed by atoms with Gasteiger partial charge in [-0.1, -0.05) is 18.0 Å². The molecule has 0 radical (unpaired) electrons. The van der Waals surface area contributed by atoms with E-state index in [2.05, 4.69) is 5.32 Å². The van der Waals surface area contributed by atoms with Crippen molar-refractivity contribution in [2.24, 2.45) is 5.73 Å². The van der Waals surface area contributed by atoms with E-state index in [1.807, 2.05) is 20.8 Å². The van der Waals surface area contributed by atoms with E-state index in [0.717, 1.165) is 19.3 Å². The lowest BCUT2D eigenvalue weighted by molar-refractivity contribution is -0.152. The molecule has 0 unspecified atom stereocenters. The average Bonchev–Trinajstić information content (AvgIpc) is 2.78. The van der Waals surface area contributed by atoms with Crippen molar-refractivity contribution in [1.29, 1.82) is 0 Å². The summed E-state index contributed by atoms with van der Waals surface area (Å²) in [4.78, 5) is 34.4. The number of carboxylic acids is 1. The van der Waals surface area contributed by atoms with Crippen LogP contribution in [0.3, 0.4) is 0 Å². The molecule has 2 aromatic carbocycles. The van der Waals surface area contributed by atoms with Crippen molar-refractivity contribution < 1.29 is 29.0 Å². The topological polar surface area (TPSA) is 128 Å². The van der Waals surface area contributed by atoms with Gasteiger partial charge in [0.05, 0.1) is 0 Å². The van der Waals surface area contributed by atoms with Gasteiger partial charge < -0.3 is 25.6 Å². The fourth-order valence-corrected chi connectivity index (χ4v) is 2.86. The summed E-state index contributed by atoms with van der Waals surface area (Å²) in [6, 6.07) is 13.0. The molecule has 1 amide bonds. The predicted molar refractivity (Wildman–Crippen MR) is 141 cm³/mol. The van der Waals surface area contributed by atoms with Gasteiger partial charge in [-0.15, -0.1) is 0 Å². The van der Waals surface area contributed by atoms with Crippen LogP contribution in [0.5, 0.6) is 5.75 Å². The van der Waals surface area contributed by atoms with E-state index in [1.165, 1.54) is 13.8 Å². The number of ketones is 1. The Balaban J connectivity index is 0.000000402. The van der Waals surface area contributed by atoms with E-state index in [0.29, 0.717) is 35.0 Å². The Morgan fingerprint density at radius 2 is 1.42 bits per heavy atom. The van der Waals surface area contributed by atoms with Crippen LogP contribution in [0.15, 0.2) is 48.5 Å². The molecule has 0 aliphatic rings. The predicted octanol–water partition coefficient (Wildman–Crippen LogP) is 5.45. The zero-order chi connectivity index (χ0) is 27.4. The summed E-state index contributed by atoms with van der Waals surface area (Å²) >= 11 is 5.79.